The minimum absolute atomic E-state index is 0. The predicted molar refractivity (Wildman–Crippen MR) is 67.8 cm³/mol. The van der Waals surface area contributed by atoms with E-state index >= 15 is 0 Å². The Hall–Kier alpha value is 1.53. The Morgan fingerprint density at radius 2 is 0.773 bits per heavy atom. The molecule has 0 radical (unpaired) electrons. The number of rotatable bonds is 3. The van der Waals surface area contributed by atoms with Crippen molar-refractivity contribution in [2.75, 3.05) is 0 Å². The first-order chi connectivity index (χ1) is 9.18. The molecule has 22 heavy (non-hydrogen) atoms. The number of hydrogen-bond acceptors (Lipinski definition) is 6. The van der Waals surface area contributed by atoms with Gasteiger partial charge in [0.25, 0.3) is 0 Å². The summed E-state index contributed by atoms with van der Waals surface area (Å²) < 4.78 is 64.7. The van der Waals surface area contributed by atoms with Gasteiger partial charge in [-0.05, 0) is 35.4 Å². The minimum atomic E-state index is -4.50. The standard InChI is InChI=1S/C12H10O6S2.2K/c13-19(14,15)11-5-1-9(2-6-11)10-3-7-12(8-4-10)20(16,17)18;;/h1-8H,(H,13,14,15)(H,16,17,18);;/q;2*+1/p-2. The van der Waals surface area contributed by atoms with E-state index in [-0.39, 0.29) is 113 Å². The Balaban J connectivity index is 0.00000220. The van der Waals surface area contributed by atoms with Gasteiger partial charge in [0.2, 0.25) is 0 Å². The van der Waals surface area contributed by atoms with Crippen LogP contribution in [0.15, 0.2) is 58.3 Å². The van der Waals surface area contributed by atoms with Gasteiger partial charge in [0.15, 0.2) is 0 Å². The first-order valence-electron chi connectivity index (χ1n) is 5.30. The fourth-order valence-electron chi connectivity index (χ4n) is 1.63. The van der Waals surface area contributed by atoms with Crippen LogP contribution in [0.25, 0.3) is 11.1 Å². The molecule has 0 unspecified atom stereocenters. The Morgan fingerprint density at radius 3 is 0.955 bits per heavy atom. The van der Waals surface area contributed by atoms with Crippen molar-refractivity contribution in [3.05, 3.63) is 48.5 Å². The van der Waals surface area contributed by atoms with Crippen molar-refractivity contribution in [2.45, 2.75) is 9.79 Å². The third kappa shape index (κ3) is 6.44. The molecule has 10 heteroatoms. The maximum absolute atomic E-state index is 10.8. The first kappa shape index (κ1) is 23.5. The molecule has 0 fully saturated rings. The van der Waals surface area contributed by atoms with E-state index in [4.69, 9.17) is 0 Å². The van der Waals surface area contributed by atoms with E-state index in [0.717, 1.165) is 24.3 Å². The first-order valence-corrected chi connectivity index (χ1v) is 8.12. The molecule has 2 aromatic carbocycles. The van der Waals surface area contributed by atoms with Crippen LogP contribution in [0.3, 0.4) is 0 Å². The molecular weight excluding hydrogens is 382 g/mol. The summed E-state index contributed by atoms with van der Waals surface area (Å²) >= 11 is 0. The molecule has 0 aliphatic carbocycles. The van der Waals surface area contributed by atoms with Crippen LogP contribution in [-0.2, 0) is 20.2 Å². The van der Waals surface area contributed by atoms with E-state index in [1.165, 1.54) is 24.3 Å². The molecule has 2 rings (SSSR count). The average Bonchev–Trinajstić information content (AvgIpc) is 2.37. The van der Waals surface area contributed by atoms with Crippen LogP contribution in [0.1, 0.15) is 0 Å². The molecule has 0 aliphatic rings. The molecular formula is C12H8K2O6S2. The van der Waals surface area contributed by atoms with Gasteiger partial charge in [0.05, 0.1) is 9.79 Å². The van der Waals surface area contributed by atoms with E-state index in [0.29, 0.717) is 11.1 Å². The summed E-state index contributed by atoms with van der Waals surface area (Å²) in [7, 11) is -9.00. The second-order valence-electron chi connectivity index (χ2n) is 3.96. The Bertz CT molecular complexity index is 755. The molecule has 106 valence electrons. The van der Waals surface area contributed by atoms with Gasteiger partial charge in [-0.3, -0.25) is 0 Å². The molecule has 6 nitrogen and oxygen atoms in total. The summed E-state index contributed by atoms with van der Waals surface area (Å²) in [5.74, 6) is 0. The van der Waals surface area contributed by atoms with Gasteiger partial charge in [-0.25, -0.2) is 16.8 Å². The molecule has 0 aromatic heterocycles. The van der Waals surface area contributed by atoms with Crippen molar-refractivity contribution in [3.8, 4) is 11.1 Å². The third-order valence-corrected chi connectivity index (χ3v) is 4.32. The Morgan fingerprint density at radius 1 is 0.545 bits per heavy atom. The van der Waals surface area contributed by atoms with Gasteiger partial charge >= 0.3 is 103 Å². The van der Waals surface area contributed by atoms with Crippen molar-refractivity contribution in [1.29, 1.82) is 0 Å². The molecule has 0 saturated heterocycles. The Kier molecular flexibility index (Phi) is 9.94. The van der Waals surface area contributed by atoms with Gasteiger partial charge in [0, 0.05) is 0 Å². The Labute approximate surface area is 214 Å². The van der Waals surface area contributed by atoms with Crippen molar-refractivity contribution in [2.24, 2.45) is 0 Å². The van der Waals surface area contributed by atoms with Gasteiger partial charge in [0.1, 0.15) is 20.2 Å². The van der Waals surface area contributed by atoms with Crippen LogP contribution in [0, 0.1) is 0 Å². The smallest absolute Gasteiger partial charge is 0.744 e. The molecule has 0 atom stereocenters. The summed E-state index contributed by atoms with van der Waals surface area (Å²) in [6, 6.07) is 10.3. The van der Waals surface area contributed by atoms with Crippen molar-refractivity contribution in [1.82, 2.24) is 0 Å². The van der Waals surface area contributed by atoms with Crippen molar-refractivity contribution in [3.63, 3.8) is 0 Å². The summed E-state index contributed by atoms with van der Waals surface area (Å²) in [6.07, 6.45) is 0. The van der Waals surface area contributed by atoms with Crippen molar-refractivity contribution >= 4 is 20.2 Å². The summed E-state index contributed by atoms with van der Waals surface area (Å²) in [6.45, 7) is 0. The summed E-state index contributed by atoms with van der Waals surface area (Å²) in [5.41, 5.74) is 1.18. The summed E-state index contributed by atoms with van der Waals surface area (Å²) in [4.78, 5) is -0.694. The molecule has 0 saturated carbocycles. The van der Waals surface area contributed by atoms with Crippen LogP contribution < -0.4 is 103 Å². The van der Waals surface area contributed by atoms with Gasteiger partial charge in [-0.1, -0.05) is 24.3 Å². The quantitative estimate of drug-likeness (QED) is 0.384. The molecule has 0 amide bonds. The van der Waals surface area contributed by atoms with E-state index in [9.17, 15) is 25.9 Å². The maximum atomic E-state index is 10.8. The van der Waals surface area contributed by atoms with Crippen LogP contribution in [-0.4, -0.2) is 25.9 Å². The second kappa shape index (κ2) is 9.29. The normalized spacial score (nSPS) is 11.2. The zero-order valence-corrected chi connectivity index (χ0v) is 19.8. The van der Waals surface area contributed by atoms with Crippen LogP contribution in [0.2, 0.25) is 0 Å². The number of hydrogen-bond donors (Lipinski definition) is 0. The van der Waals surface area contributed by atoms with Gasteiger partial charge in [-0.2, -0.15) is 0 Å². The molecule has 2 aromatic rings. The maximum Gasteiger partial charge on any atom is 1.00 e. The van der Waals surface area contributed by atoms with Crippen LogP contribution in [0.5, 0.6) is 0 Å². The monoisotopic (exact) mass is 390 g/mol. The van der Waals surface area contributed by atoms with Crippen LogP contribution >= 0.6 is 0 Å². The molecule has 0 aliphatic heterocycles. The van der Waals surface area contributed by atoms with Gasteiger partial charge in [-0.15, -0.1) is 0 Å². The van der Waals surface area contributed by atoms with E-state index in [1.807, 2.05) is 0 Å². The second-order valence-corrected chi connectivity index (χ2v) is 6.72. The van der Waals surface area contributed by atoms with Crippen LogP contribution in [0.4, 0.5) is 0 Å². The van der Waals surface area contributed by atoms with E-state index < -0.39 is 20.2 Å². The number of benzene rings is 2. The third-order valence-electron chi connectivity index (χ3n) is 2.62. The minimum Gasteiger partial charge on any atom is -0.744 e. The molecule has 0 bridgehead atoms. The molecule has 0 N–H and O–H groups in total. The fourth-order valence-corrected chi connectivity index (χ4v) is 2.57. The predicted octanol–water partition coefficient (Wildman–Crippen LogP) is -4.83. The van der Waals surface area contributed by atoms with Gasteiger partial charge < -0.3 is 9.11 Å². The molecule has 0 spiro atoms. The fraction of sp³-hybridized carbons (Fsp3) is 0. The summed E-state index contributed by atoms with van der Waals surface area (Å²) in [5, 5.41) is 0. The zero-order chi connectivity index (χ0) is 15.0. The molecule has 0 heterocycles. The van der Waals surface area contributed by atoms with E-state index in [2.05, 4.69) is 0 Å². The zero-order valence-electron chi connectivity index (χ0n) is 11.9. The SMILES string of the molecule is O=S(=O)([O-])c1ccc(-c2ccc(S(=O)(=O)[O-])cc2)cc1.[K+].[K+]. The average molecular weight is 391 g/mol. The van der Waals surface area contributed by atoms with Crippen molar-refractivity contribution < 1.29 is 129 Å². The van der Waals surface area contributed by atoms with E-state index in [1.54, 1.807) is 0 Å². The largest absolute Gasteiger partial charge is 1.00 e. The topological polar surface area (TPSA) is 114 Å².